The van der Waals surface area contributed by atoms with Gasteiger partial charge < -0.3 is 38.3 Å². The number of para-hydroxylation sites is 1. The molecule has 0 bridgehead atoms. The van der Waals surface area contributed by atoms with Gasteiger partial charge in [0, 0.05) is 56.5 Å². The molecule has 1 aromatic carbocycles. The van der Waals surface area contributed by atoms with E-state index in [4.69, 9.17) is 40.1 Å². The van der Waals surface area contributed by atoms with E-state index in [1.807, 2.05) is 0 Å². The molecule has 4 aromatic rings. The maximum absolute atomic E-state index is 17.3. The first kappa shape index (κ1) is 43.7. The van der Waals surface area contributed by atoms with Crippen molar-refractivity contribution < 1.29 is 56.0 Å². The van der Waals surface area contributed by atoms with E-state index in [9.17, 15) is 14.4 Å². The molecule has 2 saturated heterocycles. The Hall–Kier alpha value is -4.90. The van der Waals surface area contributed by atoms with E-state index in [-0.39, 0.29) is 85.3 Å². The number of carboxylic acid groups (broad SMARTS) is 1. The fourth-order valence-electron chi connectivity index (χ4n) is 7.21. The van der Waals surface area contributed by atoms with Crippen molar-refractivity contribution in [2.45, 2.75) is 109 Å². The normalized spacial score (nSPS) is 21.6. The molecule has 2 aliphatic rings. The number of piperidine rings is 1. The molecule has 0 radical (unpaired) electrons. The molecule has 59 heavy (non-hydrogen) atoms. The molecule has 18 heteroatoms. The lowest BCUT2D eigenvalue weighted by molar-refractivity contribution is -0.156. The number of fused-ring (bicyclic) bond motifs is 3. The van der Waals surface area contributed by atoms with Crippen LogP contribution in [-0.4, -0.2) is 99.2 Å². The van der Waals surface area contributed by atoms with Crippen LogP contribution in [0.2, 0.25) is 5.02 Å². The Labute approximate surface area is 344 Å². The number of carbonyl (C=O) groups is 3. The predicted molar refractivity (Wildman–Crippen MR) is 211 cm³/mol. The lowest BCUT2D eigenvalue weighted by Crippen LogP contribution is -2.50. The molecule has 3 aromatic heterocycles. The van der Waals surface area contributed by atoms with E-state index in [2.05, 4.69) is 15.0 Å². The van der Waals surface area contributed by atoms with Gasteiger partial charge in [-0.2, -0.15) is 8.78 Å². The maximum atomic E-state index is 17.3. The van der Waals surface area contributed by atoms with E-state index in [0.717, 1.165) is 0 Å². The second-order valence-corrected chi connectivity index (χ2v) is 17.5. The maximum Gasteiger partial charge on any atom is 0.410 e. The van der Waals surface area contributed by atoms with Crippen LogP contribution in [0, 0.1) is 5.92 Å². The summed E-state index contributed by atoms with van der Waals surface area (Å²) in [7, 11) is 0. The minimum absolute atomic E-state index is 0.0206. The zero-order valence-corrected chi connectivity index (χ0v) is 34.8. The van der Waals surface area contributed by atoms with Crippen LogP contribution >= 0.6 is 11.6 Å². The number of carbonyl (C=O) groups excluding carboxylic acids is 2. The van der Waals surface area contributed by atoms with Gasteiger partial charge in [0.05, 0.1) is 17.1 Å². The summed E-state index contributed by atoms with van der Waals surface area (Å²) in [6.45, 7) is 10.6. The first-order valence-electron chi connectivity index (χ1n) is 19.4. The van der Waals surface area contributed by atoms with E-state index in [1.54, 1.807) is 72.7 Å². The zero-order valence-electron chi connectivity index (χ0n) is 34.0. The molecule has 14 nitrogen and oxygen atoms in total. The van der Waals surface area contributed by atoms with Crippen LogP contribution in [0.5, 0.6) is 5.88 Å². The highest BCUT2D eigenvalue weighted by Crippen LogP contribution is 2.46. The third kappa shape index (κ3) is 9.94. The quantitative estimate of drug-likeness (QED) is 0.107. The summed E-state index contributed by atoms with van der Waals surface area (Å²) in [6.07, 6.45) is -0.543. The molecular weight excluding hydrogens is 799 g/mol. The molecule has 0 spiro atoms. The predicted octanol–water partition coefficient (Wildman–Crippen LogP) is 8.21. The second kappa shape index (κ2) is 16.6. The van der Waals surface area contributed by atoms with E-state index >= 15 is 13.2 Å². The second-order valence-electron chi connectivity index (χ2n) is 17.0. The highest BCUT2D eigenvalue weighted by molar-refractivity contribution is 6.30. The third-order valence-corrected chi connectivity index (χ3v) is 10.1. The van der Waals surface area contributed by atoms with Crippen LogP contribution < -0.4 is 9.64 Å². The molecule has 0 saturated carbocycles. The third-order valence-electron chi connectivity index (χ3n) is 9.92. The van der Waals surface area contributed by atoms with Crippen LogP contribution in [0.4, 0.5) is 23.8 Å². The molecular formula is C41H49ClF3N5O9. The highest BCUT2D eigenvalue weighted by Gasteiger charge is 2.49. The summed E-state index contributed by atoms with van der Waals surface area (Å²) >= 11 is 6.39. The number of ether oxygens (including phenoxy) is 4. The number of aromatic nitrogens is 3. The standard InChI is InChI=1S/C41H49ClF3N5O9/c1-23-20-49(37(54)59-39(5,6)7)15-14-40(23,43)27-17-24(42)19-46-34(27)56-25-18-28(35(53)58-38(2,3)4)50(21-25)33-32-31(26-11-8-9-12-29(26)57-32)47-36(48-33)41(44,45)22-55-16-10-13-30(51)52/h8-9,11-12,17,19,23,25,28H,10,13-16,18,20-22H2,1-7H3,(H,51,52)/t23-,25-,28-,40+/m0/s1. The minimum Gasteiger partial charge on any atom is -0.481 e. The van der Waals surface area contributed by atoms with Crippen molar-refractivity contribution in [1.29, 1.82) is 0 Å². The van der Waals surface area contributed by atoms with Crippen LogP contribution in [-0.2, 0) is 35.4 Å². The van der Waals surface area contributed by atoms with Crippen LogP contribution in [0.3, 0.4) is 0 Å². The van der Waals surface area contributed by atoms with Crippen molar-refractivity contribution >= 4 is 57.5 Å². The van der Waals surface area contributed by atoms with Gasteiger partial charge in [0.1, 0.15) is 46.7 Å². The van der Waals surface area contributed by atoms with Crippen LogP contribution in [0.1, 0.15) is 85.5 Å². The highest BCUT2D eigenvalue weighted by atomic mass is 35.5. The van der Waals surface area contributed by atoms with Gasteiger partial charge in [0.25, 0.3) is 0 Å². The van der Waals surface area contributed by atoms with Crippen molar-refractivity contribution in [3.8, 4) is 5.88 Å². The van der Waals surface area contributed by atoms with Crippen molar-refractivity contribution in [3.05, 3.63) is 52.9 Å². The van der Waals surface area contributed by atoms with E-state index in [1.165, 1.54) is 22.1 Å². The smallest absolute Gasteiger partial charge is 0.410 e. The Bertz CT molecular complexity index is 2210. The summed E-state index contributed by atoms with van der Waals surface area (Å²) in [4.78, 5) is 53.6. The van der Waals surface area contributed by atoms with Crippen LogP contribution in [0.15, 0.2) is 40.9 Å². The number of alkyl halides is 3. The first-order valence-corrected chi connectivity index (χ1v) is 19.8. The Balaban J connectivity index is 1.36. The van der Waals surface area contributed by atoms with Gasteiger partial charge in [-0.05, 0) is 66.2 Å². The number of benzene rings is 1. The van der Waals surface area contributed by atoms with Crippen molar-refractivity contribution in [1.82, 2.24) is 19.9 Å². The molecule has 0 unspecified atom stereocenters. The molecule has 5 heterocycles. The first-order chi connectivity index (χ1) is 27.5. The number of furan rings is 1. The molecule has 2 aliphatic heterocycles. The number of hydrogen-bond acceptors (Lipinski definition) is 12. The number of pyridine rings is 1. The average molecular weight is 848 g/mol. The largest absolute Gasteiger partial charge is 0.481 e. The molecule has 320 valence electrons. The molecule has 1 N–H and O–H groups in total. The lowest BCUT2D eigenvalue weighted by Gasteiger charge is -2.42. The van der Waals surface area contributed by atoms with Gasteiger partial charge in [-0.15, -0.1) is 0 Å². The van der Waals surface area contributed by atoms with E-state index < -0.39 is 71.3 Å². The number of halogens is 4. The Morgan fingerprint density at radius 2 is 1.76 bits per heavy atom. The van der Waals surface area contributed by atoms with Crippen LogP contribution in [0.25, 0.3) is 22.1 Å². The van der Waals surface area contributed by atoms with Gasteiger partial charge in [-0.25, -0.2) is 28.9 Å². The van der Waals surface area contributed by atoms with Crippen molar-refractivity contribution in [2.24, 2.45) is 5.92 Å². The lowest BCUT2D eigenvalue weighted by atomic mass is 9.79. The van der Waals surface area contributed by atoms with Gasteiger partial charge >= 0.3 is 24.0 Å². The molecule has 2 fully saturated rings. The number of anilines is 1. The number of nitrogens with zero attached hydrogens (tertiary/aromatic N) is 5. The summed E-state index contributed by atoms with van der Waals surface area (Å²) in [5.41, 5.74) is -3.24. The fraction of sp³-hybridized carbons (Fsp3) is 0.561. The number of aliphatic carboxylic acids is 1. The van der Waals surface area contributed by atoms with Gasteiger partial charge in [-0.3, -0.25) is 4.79 Å². The number of carboxylic acids is 1. The molecule has 6 rings (SSSR count). The summed E-state index contributed by atoms with van der Waals surface area (Å²) in [5, 5.41) is 9.48. The number of esters is 1. The SMILES string of the molecule is C[C@H]1CN(C(=O)OC(C)(C)C)CC[C@]1(F)c1cc(Cl)cnc1O[C@H]1C[C@@H](C(=O)OC(C)(C)C)N(c2nc(C(F)(F)COCCCC(=O)O)nc3c2oc2ccccc23)C1. The average Bonchev–Trinajstić information content (AvgIpc) is 3.73. The number of likely N-dealkylation sites (tertiary alicyclic amines) is 1. The molecule has 1 amide bonds. The Kier molecular flexibility index (Phi) is 12.3. The fourth-order valence-corrected chi connectivity index (χ4v) is 7.37. The number of rotatable bonds is 12. The van der Waals surface area contributed by atoms with Gasteiger partial charge in [0.2, 0.25) is 11.7 Å². The molecule has 0 aliphatic carbocycles. The summed E-state index contributed by atoms with van der Waals surface area (Å²) in [6, 6.07) is 6.99. The monoisotopic (exact) mass is 847 g/mol. The van der Waals surface area contributed by atoms with Gasteiger partial charge in [0.15, 0.2) is 11.4 Å². The number of hydrogen-bond donors (Lipinski definition) is 1. The minimum atomic E-state index is -3.76. The Morgan fingerprint density at radius 1 is 1.05 bits per heavy atom. The van der Waals surface area contributed by atoms with Gasteiger partial charge in [-0.1, -0.05) is 30.7 Å². The van der Waals surface area contributed by atoms with E-state index in [0.29, 0.717) is 11.0 Å². The topological polar surface area (TPSA) is 167 Å². The summed E-state index contributed by atoms with van der Waals surface area (Å²) < 4.78 is 78.3. The zero-order chi connectivity index (χ0) is 43.1. The van der Waals surface area contributed by atoms with Crippen molar-refractivity contribution in [3.63, 3.8) is 0 Å². The Morgan fingerprint density at radius 3 is 2.44 bits per heavy atom. The number of amides is 1. The summed E-state index contributed by atoms with van der Waals surface area (Å²) in [5.74, 6) is -7.42. The molecule has 4 atom stereocenters. The van der Waals surface area contributed by atoms with Crippen molar-refractivity contribution in [2.75, 3.05) is 37.7 Å².